The maximum atomic E-state index is 12.2. The number of aromatic nitrogens is 3. The van der Waals surface area contributed by atoms with Gasteiger partial charge < -0.3 is 4.42 Å². The van der Waals surface area contributed by atoms with Crippen LogP contribution >= 0.6 is 0 Å². The van der Waals surface area contributed by atoms with Gasteiger partial charge in [0.15, 0.2) is 0 Å². The standard InChI is InChI=1S/C18H24N4O2/c1-13-10-19-17(24-13)12-21-7-5-14(6-8-21)11-22-18(23)9-15-3-2-4-16(15)20-22/h9-10,14H,2-8,11-12H2,1H3. The molecule has 0 bridgehead atoms. The Balaban J connectivity index is 1.34. The molecule has 2 aliphatic rings. The summed E-state index contributed by atoms with van der Waals surface area (Å²) in [5.74, 6) is 2.18. The maximum absolute atomic E-state index is 12.2. The molecular weight excluding hydrogens is 304 g/mol. The average molecular weight is 328 g/mol. The number of aryl methyl sites for hydroxylation is 3. The first kappa shape index (κ1) is 15.6. The van der Waals surface area contributed by atoms with Gasteiger partial charge in [-0.05, 0) is 63.6 Å². The number of likely N-dealkylation sites (tertiary alicyclic amines) is 1. The summed E-state index contributed by atoms with van der Waals surface area (Å²) in [5, 5.41) is 4.60. The van der Waals surface area contributed by atoms with Crippen LogP contribution in [0.25, 0.3) is 0 Å². The number of nitrogens with zero attached hydrogens (tertiary/aromatic N) is 4. The van der Waals surface area contributed by atoms with Crippen molar-refractivity contribution < 1.29 is 4.42 Å². The van der Waals surface area contributed by atoms with E-state index in [2.05, 4.69) is 15.0 Å². The molecule has 0 N–H and O–H groups in total. The molecule has 0 unspecified atom stereocenters. The highest BCUT2D eigenvalue weighted by Crippen LogP contribution is 2.21. The summed E-state index contributed by atoms with van der Waals surface area (Å²) in [4.78, 5) is 18.9. The van der Waals surface area contributed by atoms with Crippen molar-refractivity contribution in [2.45, 2.75) is 52.1 Å². The van der Waals surface area contributed by atoms with Crippen LogP contribution in [0.4, 0.5) is 0 Å². The molecule has 0 spiro atoms. The van der Waals surface area contributed by atoms with Crippen molar-refractivity contribution in [3.8, 4) is 0 Å². The van der Waals surface area contributed by atoms with Crippen molar-refractivity contribution in [1.82, 2.24) is 19.7 Å². The lowest BCUT2D eigenvalue weighted by Gasteiger charge is -2.31. The van der Waals surface area contributed by atoms with Gasteiger partial charge in [-0.2, -0.15) is 5.10 Å². The fraction of sp³-hybridized carbons (Fsp3) is 0.611. The molecule has 6 heteroatoms. The zero-order valence-electron chi connectivity index (χ0n) is 14.2. The van der Waals surface area contributed by atoms with Crippen molar-refractivity contribution in [2.24, 2.45) is 5.92 Å². The molecule has 2 aromatic rings. The second-order valence-corrected chi connectivity index (χ2v) is 7.07. The van der Waals surface area contributed by atoms with Crippen LogP contribution in [0.5, 0.6) is 0 Å². The highest BCUT2D eigenvalue weighted by molar-refractivity contribution is 5.22. The lowest BCUT2D eigenvalue weighted by molar-refractivity contribution is 0.151. The van der Waals surface area contributed by atoms with Crippen LogP contribution in [0.1, 0.15) is 42.2 Å². The first-order valence-electron chi connectivity index (χ1n) is 8.91. The molecule has 4 rings (SSSR count). The second kappa shape index (κ2) is 6.51. The zero-order valence-corrected chi connectivity index (χ0v) is 14.2. The average Bonchev–Trinajstić information content (AvgIpc) is 3.18. The number of hydrogen-bond acceptors (Lipinski definition) is 5. The van der Waals surface area contributed by atoms with E-state index >= 15 is 0 Å². The number of hydrogen-bond donors (Lipinski definition) is 0. The quantitative estimate of drug-likeness (QED) is 0.858. The van der Waals surface area contributed by atoms with Gasteiger partial charge in [-0.15, -0.1) is 0 Å². The Morgan fingerprint density at radius 2 is 2.12 bits per heavy atom. The van der Waals surface area contributed by atoms with E-state index < -0.39 is 0 Å². The predicted octanol–water partition coefficient (Wildman–Crippen LogP) is 1.94. The van der Waals surface area contributed by atoms with Gasteiger partial charge in [-0.1, -0.05) is 0 Å². The van der Waals surface area contributed by atoms with Crippen molar-refractivity contribution in [3.63, 3.8) is 0 Å². The molecule has 0 saturated carbocycles. The Kier molecular flexibility index (Phi) is 4.22. The fourth-order valence-electron chi connectivity index (χ4n) is 3.81. The summed E-state index contributed by atoms with van der Waals surface area (Å²) in [7, 11) is 0. The summed E-state index contributed by atoms with van der Waals surface area (Å²) in [6, 6.07) is 1.80. The predicted molar refractivity (Wildman–Crippen MR) is 89.8 cm³/mol. The molecule has 1 aliphatic carbocycles. The number of piperidine rings is 1. The third-order valence-electron chi connectivity index (χ3n) is 5.19. The van der Waals surface area contributed by atoms with Gasteiger partial charge in [0.1, 0.15) is 5.76 Å². The molecule has 6 nitrogen and oxygen atoms in total. The SMILES string of the molecule is Cc1cnc(CN2CCC(Cn3nc4c(cc3=O)CCC4)CC2)o1. The molecule has 1 fully saturated rings. The summed E-state index contributed by atoms with van der Waals surface area (Å²) in [5.41, 5.74) is 2.35. The molecule has 2 aromatic heterocycles. The first-order valence-corrected chi connectivity index (χ1v) is 8.91. The highest BCUT2D eigenvalue weighted by atomic mass is 16.4. The Labute approximate surface area is 141 Å². The highest BCUT2D eigenvalue weighted by Gasteiger charge is 2.22. The van der Waals surface area contributed by atoms with Crippen molar-refractivity contribution in [1.29, 1.82) is 0 Å². The number of rotatable bonds is 4. The number of oxazole rings is 1. The minimum atomic E-state index is 0.0633. The minimum Gasteiger partial charge on any atom is -0.445 e. The van der Waals surface area contributed by atoms with Crippen molar-refractivity contribution >= 4 is 0 Å². The summed E-state index contributed by atoms with van der Waals surface area (Å²) in [6.07, 6.45) is 7.11. The van der Waals surface area contributed by atoms with Crippen LogP contribution in [0.15, 0.2) is 21.5 Å². The third-order valence-corrected chi connectivity index (χ3v) is 5.19. The molecular formula is C18H24N4O2. The molecule has 0 radical (unpaired) electrons. The van der Waals surface area contributed by atoms with Crippen LogP contribution in [0, 0.1) is 12.8 Å². The van der Waals surface area contributed by atoms with Gasteiger partial charge in [0.25, 0.3) is 5.56 Å². The van der Waals surface area contributed by atoms with Gasteiger partial charge >= 0.3 is 0 Å². The summed E-state index contributed by atoms with van der Waals surface area (Å²) < 4.78 is 7.26. The topological polar surface area (TPSA) is 64.2 Å². The summed E-state index contributed by atoms with van der Waals surface area (Å²) >= 11 is 0. The monoisotopic (exact) mass is 328 g/mol. The molecule has 0 amide bonds. The largest absolute Gasteiger partial charge is 0.445 e. The Hall–Kier alpha value is -1.95. The normalized spacial score (nSPS) is 18.9. The maximum Gasteiger partial charge on any atom is 0.267 e. The first-order chi connectivity index (χ1) is 11.7. The molecule has 128 valence electrons. The van der Waals surface area contributed by atoms with Crippen LogP contribution in [-0.4, -0.2) is 32.8 Å². The lowest BCUT2D eigenvalue weighted by Crippen LogP contribution is -2.36. The van der Waals surface area contributed by atoms with E-state index in [1.165, 1.54) is 0 Å². The van der Waals surface area contributed by atoms with Gasteiger partial charge in [0, 0.05) is 12.6 Å². The van der Waals surface area contributed by atoms with E-state index in [4.69, 9.17) is 4.42 Å². The van der Waals surface area contributed by atoms with Crippen LogP contribution in [0.3, 0.4) is 0 Å². The molecule has 0 aromatic carbocycles. The van der Waals surface area contributed by atoms with Gasteiger partial charge in [0.2, 0.25) is 5.89 Å². The number of fused-ring (bicyclic) bond motifs is 1. The van der Waals surface area contributed by atoms with E-state index in [0.717, 1.165) is 81.2 Å². The molecule has 0 atom stereocenters. The van der Waals surface area contributed by atoms with E-state index in [1.807, 2.05) is 6.92 Å². The van der Waals surface area contributed by atoms with Crippen molar-refractivity contribution in [2.75, 3.05) is 13.1 Å². The zero-order chi connectivity index (χ0) is 16.5. The van der Waals surface area contributed by atoms with E-state index in [0.29, 0.717) is 5.92 Å². The minimum absolute atomic E-state index is 0.0633. The lowest BCUT2D eigenvalue weighted by atomic mass is 9.97. The Morgan fingerprint density at radius 3 is 2.88 bits per heavy atom. The molecule has 1 saturated heterocycles. The van der Waals surface area contributed by atoms with Crippen LogP contribution < -0.4 is 5.56 Å². The fourth-order valence-corrected chi connectivity index (χ4v) is 3.81. The van der Waals surface area contributed by atoms with Gasteiger partial charge in [0.05, 0.1) is 18.4 Å². The van der Waals surface area contributed by atoms with E-state index in [9.17, 15) is 4.79 Å². The van der Waals surface area contributed by atoms with Gasteiger partial charge in [-0.25, -0.2) is 9.67 Å². The van der Waals surface area contributed by atoms with Crippen LogP contribution in [-0.2, 0) is 25.9 Å². The van der Waals surface area contributed by atoms with Crippen molar-refractivity contribution in [3.05, 3.63) is 45.5 Å². The third kappa shape index (κ3) is 3.29. The van der Waals surface area contributed by atoms with Gasteiger partial charge in [-0.3, -0.25) is 9.69 Å². The second-order valence-electron chi connectivity index (χ2n) is 7.07. The molecule has 24 heavy (non-hydrogen) atoms. The molecule has 3 heterocycles. The van der Waals surface area contributed by atoms with E-state index in [1.54, 1.807) is 16.9 Å². The summed E-state index contributed by atoms with van der Waals surface area (Å²) in [6.45, 7) is 5.48. The van der Waals surface area contributed by atoms with E-state index in [-0.39, 0.29) is 5.56 Å². The molecule has 1 aliphatic heterocycles. The Bertz CT molecular complexity index is 772. The van der Waals surface area contributed by atoms with Crippen LogP contribution in [0.2, 0.25) is 0 Å². The Morgan fingerprint density at radius 1 is 1.29 bits per heavy atom. The smallest absolute Gasteiger partial charge is 0.267 e.